The Morgan fingerprint density at radius 1 is 1.31 bits per heavy atom. The van der Waals surface area contributed by atoms with E-state index in [9.17, 15) is 0 Å². The van der Waals surface area contributed by atoms with E-state index >= 15 is 0 Å². The number of ether oxygens (including phenoxy) is 1. The lowest BCUT2D eigenvalue weighted by atomic mass is 9.69. The molecule has 0 N–H and O–H groups in total. The molecule has 2 atom stereocenters. The first-order valence-corrected chi connectivity index (χ1v) is 6.71. The third-order valence-electron chi connectivity index (χ3n) is 3.88. The molecule has 0 bridgehead atoms. The molecule has 88 valence electrons. The van der Waals surface area contributed by atoms with Crippen LogP contribution in [0, 0.1) is 19.3 Å². The highest BCUT2D eigenvalue weighted by molar-refractivity contribution is 9.09. The molecule has 0 aromatic heterocycles. The van der Waals surface area contributed by atoms with Crippen molar-refractivity contribution in [2.75, 3.05) is 0 Å². The first-order valence-electron chi connectivity index (χ1n) is 5.80. The summed E-state index contributed by atoms with van der Waals surface area (Å²) >= 11 is 3.69. The molecule has 1 aliphatic rings. The molecule has 2 unspecified atom stereocenters. The predicted octanol–water partition coefficient (Wildman–Crippen LogP) is 4.24. The van der Waals surface area contributed by atoms with Crippen LogP contribution in [0.25, 0.3) is 0 Å². The summed E-state index contributed by atoms with van der Waals surface area (Å²) in [6.45, 7) is 8.76. The van der Waals surface area contributed by atoms with Crippen LogP contribution in [0.1, 0.15) is 31.4 Å². The fourth-order valence-electron chi connectivity index (χ4n) is 2.04. The van der Waals surface area contributed by atoms with Crippen molar-refractivity contribution in [2.45, 2.75) is 45.0 Å². The van der Waals surface area contributed by atoms with Gasteiger partial charge in [0.2, 0.25) is 0 Å². The van der Waals surface area contributed by atoms with E-state index in [4.69, 9.17) is 4.74 Å². The average molecular weight is 283 g/mol. The van der Waals surface area contributed by atoms with E-state index in [0.717, 1.165) is 12.2 Å². The Morgan fingerprint density at radius 2 is 2.00 bits per heavy atom. The molecule has 0 spiro atoms. The summed E-state index contributed by atoms with van der Waals surface area (Å²) in [5, 5.41) is 0. The van der Waals surface area contributed by atoms with Crippen LogP contribution in [0.5, 0.6) is 5.75 Å². The fraction of sp³-hybridized carbons (Fsp3) is 0.571. The molecular weight excluding hydrogens is 264 g/mol. The van der Waals surface area contributed by atoms with Crippen LogP contribution in [-0.4, -0.2) is 10.9 Å². The van der Waals surface area contributed by atoms with Gasteiger partial charge in [0, 0.05) is 10.2 Å². The van der Waals surface area contributed by atoms with Gasteiger partial charge < -0.3 is 4.74 Å². The van der Waals surface area contributed by atoms with E-state index in [0.29, 0.717) is 10.9 Å². The van der Waals surface area contributed by atoms with E-state index in [1.54, 1.807) is 0 Å². The van der Waals surface area contributed by atoms with Gasteiger partial charge in [-0.15, -0.1) is 0 Å². The van der Waals surface area contributed by atoms with Gasteiger partial charge in [-0.3, -0.25) is 0 Å². The highest BCUT2D eigenvalue weighted by atomic mass is 79.9. The van der Waals surface area contributed by atoms with Crippen molar-refractivity contribution in [3.8, 4) is 5.75 Å². The minimum atomic E-state index is 0.232. The smallest absolute Gasteiger partial charge is 0.122 e. The third-order valence-corrected chi connectivity index (χ3v) is 5.44. The van der Waals surface area contributed by atoms with Gasteiger partial charge in [0.05, 0.1) is 0 Å². The second kappa shape index (κ2) is 4.06. The monoisotopic (exact) mass is 282 g/mol. The molecule has 2 rings (SSSR count). The first kappa shape index (κ1) is 12.0. The Labute approximate surface area is 106 Å². The molecule has 1 fully saturated rings. The van der Waals surface area contributed by atoms with Crippen molar-refractivity contribution in [3.63, 3.8) is 0 Å². The summed E-state index contributed by atoms with van der Waals surface area (Å²) in [6, 6.07) is 6.26. The van der Waals surface area contributed by atoms with Crippen LogP contribution < -0.4 is 4.74 Å². The van der Waals surface area contributed by atoms with Crippen LogP contribution in [0.4, 0.5) is 0 Å². The standard InChI is InChI=1S/C14H19BrO/c1-9-6-5-7-11(10(9)2)16-13-8-12(15)14(13,3)4/h5-7,12-13H,8H2,1-4H3. The highest BCUT2D eigenvalue weighted by Gasteiger charge is 2.48. The lowest BCUT2D eigenvalue weighted by molar-refractivity contribution is -0.00825. The summed E-state index contributed by atoms with van der Waals surface area (Å²) in [4.78, 5) is 0.579. The maximum atomic E-state index is 6.12. The summed E-state index contributed by atoms with van der Waals surface area (Å²) in [5.74, 6) is 1.04. The molecule has 1 aliphatic carbocycles. The van der Waals surface area contributed by atoms with Gasteiger partial charge in [-0.05, 0) is 37.5 Å². The van der Waals surface area contributed by atoms with E-state index < -0.39 is 0 Å². The SMILES string of the molecule is Cc1cccc(OC2CC(Br)C2(C)C)c1C. The summed E-state index contributed by atoms with van der Waals surface area (Å²) in [6.07, 6.45) is 1.43. The van der Waals surface area contributed by atoms with Crippen molar-refractivity contribution in [1.82, 2.24) is 0 Å². The zero-order chi connectivity index (χ0) is 11.9. The molecule has 16 heavy (non-hydrogen) atoms. The van der Waals surface area contributed by atoms with Gasteiger partial charge >= 0.3 is 0 Å². The quantitative estimate of drug-likeness (QED) is 0.737. The number of alkyl halides is 1. The second-order valence-electron chi connectivity index (χ2n) is 5.33. The predicted molar refractivity (Wildman–Crippen MR) is 71.4 cm³/mol. The van der Waals surface area contributed by atoms with E-state index in [2.05, 4.69) is 61.8 Å². The summed E-state index contributed by atoms with van der Waals surface area (Å²) < 4.78 is 6.12. The molecular formula is C14H19BrO. The Bertz CT molecular complexity index is 398. The van der Waals surface area contributed by atoms with Gasteiger partial charge in [-0.25, -0.2) is 0 Å². The maximum absolute atomic E-state index is 6.12. The molecule has 2 heteroatoms. The minimum absolute atomic E-state index is 0.232. The second-order valence-corrected chi connectivity index (χ2v) is 6.43. The number of benzene rings is 1. The molecule has 0 amide bonds. The summed E-state index contributed by atoms with van der Waals surface area (Å²) in [5.41, 5.74) is 2.79. The normalized spacial score (nSPS) is 27.3. The molecule has 0 aliphatic heterocycles. The maximum Gasteiger partial charge on any atom is 0.122 e. The lowest BCUT2D eigenvalue weighted by Crippen LogP contribution is -2.53. The van der Waals surface area contributed by atoms with Gasteiger partial charge in [-0.2, -0.15) is 0 Å². The Morgan fingerprint density at radius 3 is 2.56 bits per heavy atom. The zero-order valence-electron chi connectivity index (χ0n) is 10.4. The van der Waals surface area contributed by atoms with Crippen LogP contribution >= 0.6 is 15.9 Å². The van der Waals surface area contributed by atoms with Gasteiger partial charge in [0.25, 0.3) is 0 Å². The molecule has 1 nitrogen and oxygen atoms in total. The van der Waals surface area contributed by atoms with Crippen molar-refractivity contribution in [2.24, 2.45) is 5.41 Å². The summed E-state index contributed by atoms with van der Waals surface area (Å²) in [7, 11) is 0. The van der Waals surface area contributed by atoms with E-state index in [1.165, 1.54) is 11.1 Å². The Hall–Kier alpha value is -0.500. The van der Waals surface area contributed by atoms with E-state index in [1.807, 2.05) is 0 Å². The van der Waals surface area contributed by atoms with Crippen molar-refractivity contribution in [3.05, 3.63) is 29.3 Å². The Balaban J connectivity index is 2.14. The molecule has 1 aromatic rings. The van der Waals surface area contributed by atoms with Gasteiger partial charge in [-0.1, -0.05) is 41.9 Å². The Kier molecular flexibility index (Phi) is 3.04. The highest BCUT2D eigenvalue weighted by Crippen LogP contribution is 2.47. The molecule has 1 aromatic carbocycles. The number of halogens is 1. The zero-order valence-corrected chi connectivity index (χ0v) is 12.0. The van der Waals surface area contributed by atoms with E-state index in [-0.39, 0.29) is 5.41 Å². The van der Waals surface area contributed by atoms with Crippen molar-refractivity contribution >= 4 is 15.9 Å². The first-order chi connectivity index (χ1) is 7.43. The number of hydrogen-bond donors (Lipinski definition) is 0. The van der Waals surface area contributed by atoms with Crippen LogP contribution in [0.15, 0.2) is 18.2 Å². The van der Waals surface area contributed by atoms with Crippen LogP contribution in [0.2, 0.25) is 0 Å². The third kappa shape index (κ3) is 1.88. The topological polar surface area (TPSA) is 9.23 Å². The minimum Gasteiger partial charge on any atom is -0.490 e. The van der Waals surface area contributed by atoms with Gasteiger partial charge in [0.15, 0.2) is 0 Å². The van der Waals surface area contributed by atoms with Crippen molar-refractivity contribution < 1.29 is 4.74 Å². The largest absolute Gasteiger partial charge is 0.490 e. The molecule has 0 heterocycles. The average Bonchev–Trinajstić information content (AvgIpc) is 2.24. The van der Waals surface area contributed by atoms with Crippen LogP contribution in [0.3, 0.4) is 0 Å². The fourth-order valence-corrected chi connectivity index (χ4v) is 2.68. The lowest BCUT2D eigenvalue weighted by Gasteiger charge is -2.48. The number of aryl methyl sites for hydroxylation is 1. The van der Waals surface area contributed by atoms with Crippen LogP contribution in [-0.2, 0) is 0 Å². The molecule has 0 radical (unpaired) electrons. The molecule has 1 saturated carbocycles. The number of rotatable bonds is 2. The van der Waals surface area contributed by atoms with Gasteiger partial charge in [0.1, 0.15) is 11.9 Å². The van der Waals surface area contributed by atoms with Crippen molar-refractivity contribution in [1.29, 1.82) is 0 Å². The number of hydrogen-bond acceptors (Lipinski definition) is 1. The molecule has 0 saturated heterocycles.